The van der Waals surface area contributed by atoms with E-state index in [1.54, 1.807) is 7.11 Å². The first-order valence-corrected chi connectivity index (χ1v) is 8.11. The predicted octanol–water partition coefficient (Wildman–Crippen LogP) is 4.06. The Kier molecular flexibility index (Phi) is 4.95. The average Bonchev–Trinajstić information content (AvgIpc) is 3.29. The average molecular weight is 399 g/mol. The van der Waals surface area contributed by atoms with Crippen LogP contribution in [0.4, 0.5) is 5.69 Å². The zero-order chi connectivity index (χ0) is 16.5. The van der Waals surface area contributed by atoms with Crippen LogP contribution in [0, 0.1) is 11.3 Å². The van der Waals surface area contributed by atoms with E-state index in [-0.39, 0.29) is 17.0 Å². The van der Waals surface area contributed by atoms with Gasteiger partial charge in [-0.3, -0.25) is 0 Å². The summed E-state index contributed by atoms with van der Waals surface area (Å²) >= 11 is 0. The molecule has 1 aliphatic rings. The van der Waals surface area contributed by atoms with Crippen molar-refractivity contribution in [3.05, 3.63) is 48.3 Å². The van der Waals surface area contributed by atoms with Crippen LogP contribution in [0.5, 0.6) is 5.75 Å². The maximum atomic E-state index is 9.26. The van der Waals surface area contributed by atoms with E-state index < -0.39 is 0 Å². The van der Waals surface area contributed by atoms with Gasteiger partial charge in [-0.05, 0) is 37.1 Å². The fraction of sp³-hybridized carbons (Fsp3) is 0.263. The van der Waals surface area contributed by atoms with Crippen LogP contribution in [-0.4, -0.2) is 29.6 Å². The van der Waals surface area contributed by atoms with Gasteiger partial charge in [0.2, 0.25) is 0 Å². The maximum absolute atomic E-state index is 9.26. The van der Waals surface area contributed by atoms with Crippen LogP contribution in [0.3, 0.4) is 0 Å². The number of anilines is 1. The van der Waals surface area contributed by atoms with Gasteiger partial charge in [0.15, 0.2) is 0 Å². The highest BCUT2D eigenvalue weighted by Crippen LogP contribution is 2.27. The fourth-order valence-electron chi connectivity index (χ4n) is 3.24. The summed E-state index contributed by atoms with van der Waals surface area (Å²) in [4.78, 5) is 7.13. The quantitative estimate of drug-likeness (QED) is 0.667. The lowest BCUT2D eigenvalue weighted by Crippen LogP contribution is -2.17. The number of pyridine rings is 1. The molecule has 128 valence electrons. The van der Waals surface area contributed by atoms with E-state index in [2.05, 4.69) is 23.1 Å². The number of fused-ring (bicyclic) bond motifs is 1. The van der Waals surface area contributed by atoms with Crippen molar-refractivity contribution >= 4 is 28.3 Å². The Morgan fingerprint density at radius 2 is 1.96 bits per heavy atom. The summed E-state index contributed by atoms with van der Waals surface area (Å²) in [5, 5.41) is 9.26. The highest BCUT2D eigenvalue weighted by atomic mass is 79.9. The summed E-state index contributed by atoms with van der Waals surface area (Å²) < 4.78 is 7.22. The number of imidazole rings is 1. The highest BCUT2D eigenvalue weighted by molar-refractivity contribution is 8.93. The van der Waals surface area contributed by atoms with Crippen LogP contribution >= 0.6 is 17.0 Å². The number of halogens is 1. The van der Waals surface area contributed by atoms with E-state index in [0.29, 0.717) is 11.3 Å². The molecule has 1 fully saturated rings. The first kappa shape index (κ1) is 17.3. The molecule has 4 rings (SSSR count). The number of benzene rings is 1. The number of hydrogen-bond acceptors (Lipinski definition) is 4. The molecule has 0 spiro atoms. The molecule has 3 aromatic rings. The molecule has 25 heavy (non-hydrogen) atoms. The van der Waals surface area contributed by atoms with Gasteiger partial charge in [-0.15, -0.1) is 17.0 Å². The highest BCUT2D eigenvalue weighted by Gasteiger charge is 2.14. The van der Waals surface area contributed by atoms with E-state index >= 15 is 0 Å². The molecule has 3 heterocycles. The topological polar surface area (TPSA) is 53.6 Å². The molecular formula is C19H19BrN4O. The molecule has 0 atom stereocenters. The van der Waals surface area contributed by atoms with Gasteiger partial charge in [-0.2, -0.15) is 5.26 Å². The summed E-state index contributed by atoms with van der Waals surface area (Å²) in [6.07, 6.45) is 6.56. The van der Waals surface area contributed by atoms with Gasteiger partial charge in [0.05, 0.1) is 18.4 Å². The Morgan fingerprint density at radius 3 is 2.68 bits per heavy atom. The van der Waals surface area contributed by atoms with Crippen LogP contribution in [0.1, 0.15) is 18.4 Å². The van der Waals surface area contributed by atoms with Gasteiger partial charge in [0, 0.05) is 42.8 Å². The van der Waals surface area contributed by atoms with E-state index in [1.807, 2.05) is 35.0 Å². The van der Waals surface area contributed by atoms with E-state index in [1.165, 1.54) is 18.5 Å². The number of aromatic nitrogens is 2. The predicted molar refractivity (Wildman–Crippen MR) is 104 cm³/mol. The number of nitrogens with zero attached hydrogens (tertiary/aromatic N) is 4. The van der Waals surface area contributed by atoms with Crippen molar-refractivity contribution in [2.75, 3.05) is 25.1 Å². The van der Waals surface area contributed by atoms with Gasteiger partial charge in [0.1, 0.15) is 17.5 Å². The Bertz CT molecular complexity index is 938. The molecule has 6 heteroatoms. The standard InChI is InChI=1S/C19H18N4O.BrH/c1-24-18-5-4-14(10-15(18)12-20)17-13-23-9-6-16(11-19(23)21-17)22-7-2-3-8-22;/h4-6,9-11,13H,2-3,7-8H2,1H3;1H. The molecule has 2 aromatic heterocycles. The lowest BCUT2D eigenvalue weighted by molar-refractivity contribution is 0.413. The normalized spacial score (nSPS) is 13.5. The molecule has 1 aliphatic heterocycles. The van der Waals surface area contributed by atoms with Gasteiger partial charge in [-0.1, -0.05) is 0 Å². The number of hydrogen-bond donors (Lipinski definition) is 0. The zero-order valence-corrected chi connectivity index (χ0v) is 15.7. The van der Waals surface area contributed by atoms with Crippen LogP contribution in [0.25, 0.3) is 16.9 Å². The van der Waals surface area contributed by atoms with Gasteiger partial charge < -0.3 is 14.0 Å². The third-order valence-electron chi connectivity index (χ3n) is 4.53. The van der Waals surface area contributed by atoms with Crippen LogP contribution < -0.4 is 9.64 Å². The smallest absolute Gasteiger partial charge is 0.139 e. The van der Waals surface area contributed by atoms with Gasteiger partial charge in [0.25, 0.3) is 0 Å². The third kappa shape index (κ3) is 3.20. The molecule has 0 saturated carbocycles. The van der Waals surface area contributed by atoms with E-state index in [4.69, 9.17) is 9.72 Å². The summed E-state index contributed by atoms with van der Waals surface area (Å²) in [6, 6.07) is 12.0. The molecule has 0 aliphatic carbocycles. The van der Waals surface area contributed by atoms with Gasteiger partial charge in [-0.25, -0.2) is 4.98 Å². The first-order valence-electron chi connectivity index (χ1n) is 8.11. The van der Waals surface area contributed by atoms with Crippen LogP contribution in [0.2, 0.25) is 0 Å². The molecule has 1 aromatic carbocycles. The van der Waals surface area contributed by atoms with Crippen molar-refractivity contribution in [3.63, 3.8) is 0 Å². The third-order valence-corrected chi connectivity index (χ3v) is 4.53. The molecule has 0 bridgehead atoms. The molecule has 1 saturated heterocycles. The van der Waals surface area contributed by atoms with Crippen molar-refractivity contribution in [1.29, 1.82) is 5.26 Å². The Balaban J connectivity index is 0.00000182. The number of rotatable bonds is 3. The second-order valence-corrected chi connectivity index (χ2v) is 6.00. The SMILES string of the molecule is Br.COc1ccc(-c2cn3ccc(N4CCCC4)cc3n2)cc1C#N. The molecular weight excluding hydrogens is 380 g/mol. The Labute approximate surface area is 157 Å². The van der Waals surface area contributed by atoms with Crippen molar-refractivity contribution in [2.45, 2.75) is 12.8 Å². The maximum Gasteiger partial charge on any atom is 0.139 e. The van der Waals surface area contributed by atoms with E-state index in [9.17, 15) is 5.26 Å². The van der Waals surface area contributed by atoms with E-state index in [0.717, 1.165) is 30.0 Å². The number of nitriles is 1. The van der Waals surface area contributed by atoms with Gasteiger partial charge >= 0.3 is 0 Å². The summed E-state index contributed by atoms with van der Waals surface area (Å²) in [6.45, 7) is 2.24. The molecule has 0 amide bonds. The zero-order valence-electron chi connectivity index (χ0n) is 14.0. The Morgan fingerprint density at radius 1 is 1.16 bits per heavy atom. The second kappa shape index (κ2) is 7.16. The van der Waals surface area contributed by atoms with Crippen LogP contribution in [0.15, 0.2) is 42.7 Å². The van der Waals surface area contributed by atoms with Crippen molar-refractivity contribution in [3.8, 4) is 23.1 Å². The minimum absolute atomic E-state index is 0. The lowest BCUT2D eigenvalue weighted by Gasteiger charge is -2.17. The molecule has 0 radical (unpaired) electrons. The minimum atomic E-state index is 0. The number of methoxy groups -OCH3 is 1. The summed E-state index contributed by atoms with van der Waals surface area (Å²) in [5.74, 6) is 0.585. The lowest BCUT2D eigenvalue weighted by atomic mass is 10.1. The monoisotopic (exact) mass is 398 g/mol. The number of ether oxygens (including phenoxy) is 1. The molecule has 5 nitrogen and oxygen atoms in total. The molecule has 0 unspecified atom stereocenters. The fourth-order valence-corrected chi connectivity index (χ4v) is 3.24. The Hall–Kier alpha value is -2.52. The van der Waals surface area contributed by atoms with Crippen molar-refractivity contribution in [2.24, 2.45) is 0 Å². The van der Waals surface area contributed by atoms with Crippen molar-refractivity contribution < 1.29 is 4.74 Å². The molecule has 0 N–H and O–H groups in total. The van der Waals surface area contributed by atoms with Crippen LogP contribution in [-0.2, 0) is 0 Å². The summed E-state index contributed by atoms with van der Waals surface area (Å²) in [7, 11) is 1.57. The van der Waals surface area contributed by atoms with Crippen molar-refractivity contribution in [1.82, 2.24) is 9.38 Å². The minimum Gasteiger partial charge on any atom is -0.495 e. The first-order chi connectivity index (χ1) is 11.8. The largest absolute Gasteiger partial charge is 0.495 e. The second-order valence-electron chi connectivity index (χ2n) is 6.00. The summed E-state index contributed by atoms with van der Waals surface area (Å²) in [5.41, 5.74) is 4.43.